The van der Waals surface area contributed by atoms with E-state index in [2.05, 4.69) is 0 Å². The van der Waals surface area contributed by atoms with Crippen molar-refractivity contribution in [2.75, 3.05) is 23.7 Å². The fourth-order valence-electron chi connectivity index (χ4n) is 3.70. The van der Waals surface area contributed by atoms with E-state index in [1.807, 2.05) is 0 Å². The average molecular weight is 398 g/mol. The summed E-state index contributed by atoms with van der Waals surface area (Å²) in [5.74, 6) is -1.32. The topological polar surface area (TPSA) is 91.8 Å². The molecule has 0 N–H and O–H groups in total. The van der Waals surface area contributed by atoms with Crippen molar-refractivity contribution in [3.63, 3.8) is 0 Å². The van der Waals surface area contributed by atoms with E-state index in [1.165, 1.54) is 4.31 Å². The average Bonchev–Trinajstić information content (AvgIpc) is 2.91. The van der Waals surface area contributed by atoms with Crippen molar-refractivity contribution in [2.24, 2.45) is 0 Å². The second-order valence-corrected chi connectivity index (χ2v) is 8.85. The minimum absolute atomic E-state index is 0.300. The number of fused-ring (bicyclic) bond motifs is 2. The lowest BCUT2D eigenvalue weighted by Crippen LogP contribution is -2.36. The van der Waals surface area contributed by atoms with Crippen LogP contribution in [0.25, 0.3) is 0 Å². The lowest BCUT2D eigenvalue weighted by molar-refractivity contribution is 0.0624. The van der Waals surface area contributed by atoms with Crippen molar-refractivity contribution in [1.29, 1.82) is 0 Å². The molecule has 0 aliphatic carbocycles. The molecular formula is C20H18N2O5S. The number of Topliss-reactive ketones (excluding diaryl/α,β-unsaturated/α-hetero) is 1. The largest absolute Gasteiger partial charge is 0.292 e. The van der Waals surface area contributed by atoms with Crippen LogP contribution in [0.3, 0.4) is 0 Å². The Morgan fingerprint density at radius 3 is 2.29 bits per heavy atom. The van der Waals surface area contributed by atoms with Crippen LogP contribution < -0.4 is 4.31 Å². The number of aryl methyl sites for hydroxylation is 1. The van der Waals surface area contributed by atoms with Crippen LogP contribution >= 0.6 is 0 Å². The van der Waals surface area contributed by atoms with Crippen LogP contribution in [0.2, 0.25) is 0 Å². The summed E-state index contributed by atoms with van der Waals surface area (Å²) >= 11 is 0. The van der Waals surface area contributed by atoms with Gasteiger partial charge in [-0.05, 0) is 48.7 Å². The molecule has 28 heavy (non-hydrogen) atoms. The summed E-state index contributed by atoms with van der Waals surface area (Å²) in [6.45, 7) is 0.0646. The Hall–Kier alpha value is -3.00. The number of benzene rings is 2. The van der Waals surface area contributed by atoms with Gasteiger partial charge in [-0.2, -0.15) is 0 Å². The summed E-state index contributed by atoms with van der Waals surface area (Å²) in [5, 5.41) is 0. The Morgan fingerprint density at radius 2 is 1.68 bits per heavy atom. The maximum Gasteiger partial charge on any atom is 0.261 e. The standard InChI is InChI=1S/C20H18N2O5S/c1-28(26,27)22-10-4-5-13-11-14(8-9-17(13)22)18(23)12-21-19(24)15-6-2-3-7-16(15)20(21)25/h2-3,6-9,11H,4-5,10,12H2,1H3. The van der Waals surface area contributed by atoms with Gasteiger partial charge in [0.15, 0.2) is 5.78 Å². The number of ketones is 1. The number of carbonyl (C=O) groups is 3. The molecule has 2 amide bonds. The van der Waals surface area contributed by atoms with Crippen LogP contribution in [0.1, 0.15) is 43.1 Å². The Morgan fingerprint density at radius 1 is 1.04 bits per heavy atom. The molecule has 0 aromatic heterocycles. The number of amides is 2. The zero-order valence-corrected chi connectivity index (χ0v) is 16.0. The van der Waals surface area contributed by atoms with Gasteiger partial charge in [0.05, 0.1) is 29.6 Å². The van der Waals surface area contributed by atoms with E-state index >= 15 is 0 Å². The molecule has 2 aliphatic heterocycles. The summed E-state index contributed by atoms with van der Waals surface area (Å²) in [6, 6.07) is 11.3. The molecule has 2 heterocycles. The Bertz CT molecular complexity index is 1090. The minimum atomic E-state index is -3.39. The molecule has 2 aliphatic rings. The molecule has 0 saturated heterocycles. The molecule has 0 spiro atoms. The van der Waals surface area contributed by atoms with E-state index in [9.17, 15) is 22.8 Å². The molecule has 0 radical (unpaired) electrons. The lowest BCUT2D eigenvalue weighted by atomic mass is 9.99. The zero-order chi connectivity index (χ0) is 20.1. The third kappa shape index (κ3) is 2.99. The van der Waals surface area contributed by atoms with E-state index in [1.54, 1.807) is 42.5 Å². The fraction of sp³-hybridized carbons (Fsp3) is 0.250. The van der Waals surface area contributed by atoms with Gasteiger partial charge in [0, 0.05) is 12.1 Å². The second-order valence-electron chi connectivity index (χ2n) is 6.95. The number of hydrogen-bond acceptors (Lipinski definition) is 5. The summed E-state index contributed by atoms with van der Waals surface area (Å²) < 4.78 is 25.2. The van der Waals surface area contributed by atoms with E-state index in [0.29, 0.717) is 41.8 Å². The first kappa shape index (κ1) is 18.4. The van der Waals surface area contributed by atoms with E-state index in [0.717, 1.165) is 16.7 Å². The number of rotatable bonds is 4. The first-order valence-electron chi connectivity index (χ1n) is 8.86. The summed E-state index contributed by atoms with van der Waals surface area (Å²) in [4.78, 5) is 38.6. The van der Waals surface area contributed by atoms with Crippen molar-refractivity contribution in [3.8, 4) is 0 Å². The molecule has 7 nitrogen and oxygen atoms in total. The number of hydrogen-bond donors (Lipinski definition) is 0. The van der Waals surface area contributed by atoms with Gasteiger partial charge in [-0.15, -0.1) is 0 Å². The number of carbonyl (C=O) groups excluding carboxylic acids is 3. The maximum atomic E-state index is 12.7. The van der Waals surface area contributed by atoms with E-state index < -0.39 is 21.8 Å². The van der Waals surface area contributed by atoms with Crippen LogP contribution in [-0.4, -0.2) is 50.3 Å². The highest BCUT2D eigenvalue weighted by molar-refractivity contribution is 7.92. The van der Waals surface area contributed by atoms with Gasteiger partial charge in [0.25, 0.3) is 11.8 Å². The molecule has 0 atom stereocenters. The van der Waals surface area contributed by atoms with Crippen LogP contribution in [-0.2, 0) is 16.4 Å². The van der Waals surface area contributed by atoms with Gasteiger partial charge in [-0.25, -0.2) is 8.42 Å². The number of nitrogens with zero attached hydrogens (tertiary/aromatic N) is 2. The van der Waals surface area contributed by atoms with Crippen LogP contribution in [0.4, 0.5) is 5.69 Å². The van der Waals surface area contributed by atoms with Crippen LogP contribution in [0.5, 0.6) is 0 Å². The normalized spacial score (nSPS) is 16.2. The summed E-state index contributed by atoms with van der Waals surface area (Å²) in [5.41, 5.74) is 2.30. The first-order chi connectivity index (χ1) is 13.3. The third-order valence-corrected chi connectivity index (χ3v) is 6.24. The van der Waals surface area contributed by atoms with Crippen molar-refractivity contribution < 1.29 is 22.8 Å². The molecule has 2 aromatic carbocycles. The van der Waals surface area contributed by atoms with Crippen LogP contribution in [0, 0.1) is 0 Å². The highest BCUT2D eigenvalue weighted by atomic mass is 32.2. The highest BCUT2D eigenvalue weighted by Gasteiger charge is 2.36. The van der Waals surface area contributed by atoms with Crippen molar-refractivity contribution >= 4 is 33.3 Å². The van der Waals surface area contributed by atoms with Crippen LogP contribution in [0.15, 0.2) is 42.5 Å². The smallest absolute Gasteiger partial charge is 0.261 e. The minimum Gasteiger partial charge on any atom is -0.292 e. The summed E-state index contributed by atoms with van der Waals surface area (Å²) in [7, 11) is -3.39. The predicted octanol–water partition coefficient (Wildman–Crippen LogP) is 1.88. The highest BCUT2D eigenvalue weighted by Crippen LogP contribution is 2.30. The maximum absolute atomic E-state index is 12.7. The molecule has 8 heteroatoms. The number of anilines is 1. The molecule has 0 saturated carbocycles. The number of imide groups is 1. The fourth-order valence-corrected chi connectivity index (χ4v) is 4.69. The molecular weight excluding hydrogens is 380 g/mol. The number of sulfonamides is 1. The Balaban J connectivity index is 1.59. The Kier molecular flexibility index (Phi) is 4.30. The molecule has 2 aromatic rings. The first-order valence-corrected chi connectivity index (χ1v) is 10.7. The zero-order valence-electron chi connectivity index (χ0n) is 15.2. The monoisotopic (exact) mass is 398 g/mol. The molecule has 4 rings (SSSR count). The lowest BCUT2D eigenvalue weighted by Gasteiger charge is -2.29. The van der Waals surface area contributed by atoms with E-state index in [-0.39, 0.29) is 12.3 Å². The third-order valence-electron chi connectivity index (χ3n) is 5.06. The summed E-state index contributed by atoms with van der Waals surface area (Å²) in [6.07, 6.45) is 2.48. The molecule has 0 bridgehead atoms. The van der Waals surface area contributed by atoms with Crippen molar-refractivity contribution in [3.05, 3.63) is 64.7 Å². The SMILES string of the molecule is CS(=O)(=O)N1CCCc2cc(C(=O)CN3C(=O)c4ccccc4C3=O)ccc21. The second kappa shape index (κ2) is 6.56. The Labute approximate surface area is 162 Å². The predicted molar refractivity (Wildman–Crippen MR) is 103 cm³/mol. The van der Waals surface area contributed by atoms with Gasteiger partial charge >= 0.3 is 0 Å². The van der Waals surface area contributed by atoms with Crippen molar-refractivity contribution in [1.82, 2.24) is 4.90 Å². The molecule has 144 valence electrons. The van der Waals surface area contributed by atoms with Gasteiger partial charge in [0.2, 0.25) is 10.0 Å². The van der Waals surface area contributed by atoms with Gasteiger partial charge in [-0.3, -0.25) is 23.6 Å². The van der Waals surface area contributed by atoms with Gasteiger partial charge < -0.3 is 0 Å². The quantitative estimate of drug-likeness (QED) is 0.579. The van der Waals surface area contributed by atoms with Gasteiger partial charge in [0.1, 0.15) is 0 Å². The molecule has 0 fully saturated rings. The van der Waals surface area contributed by atoms with Crippen molar-refractivity contribution in [2.45, 2.75) is 12.8 Å². The van der Waals surface area contributed by atoms with E-state index in [4.69, 9.17) is 0 Å². The van der Waals surface area contributed by atoms with Gasteiger partial charge in [-0.1, -0.05) is 12.1 Å². The molecule has 0 unspecified atom stereocenters.